The van der Waals surface area contributed by atoms with Gasteiger partial charge in [0.1, 0.15) is 11.5 Å². The van der Waals surface area contributed by atoms with Crippen molar-refractivity contribution in [3.8, 4) is 5.75 Å². The standard InChI is InChI=1S/C28H24N4O4S2/c1-2-15-36-21-12-10-19(11-13-21)24(33)22-23(20-9-6-14-29-16-20)32(26(35)25(22)34)27-30-31-28(38-27)37-17-18-7-4-3-5-8-18/h3-14,16,23,33H,2,15,17H2,1H3/b24-22+. The van der Waals surface area contributed by atoms with Crippen LogP contribution in [0, 0.1) is 0 Å². The Bertz CT molecular complexity index is 1460. The molecule has 192 valence electrons. The van der Waals surface area contributed by atoms with Crippen molar-refractivity contribution >= 4 is 45.7 Å². The molecule has 0 bridgehead atoms. The summed E-state index contributed by atoms with van der Waals surface area (Å²) in [6, 6.07) is 19.3. The van der Waals surface area contributed by atoms with Crippen molar-refractivity contribution in [2.45, 2.75) is 29.5 Å². The van der Waals surface area contributed by atoms with Crippen molar-refractivity contribution < 1.29 is 19.4 Å². The number of aliphatic hydroxyl groups is 1. The number of Topliss-reactive ketones (excluding diaryl/α,β-unsaturated/α-hetero) is 1. The number of hydrogen-bond donors (Lipinski definition) is 1. The minimum absolute atomic E-state index is 0.0288. The minimum Gasteiger partial charge on any atom is -0.507 e. The summed E-state index contributed by atoms with van der Waals surface area (Å²) < 4.78 is 6.28. The first-order valence-electron chi connectivity index (χ1n) is 12.0. The average molecular weight is 545 g/mol. The zero-order valence-corrected chi connectivity index (χ0v) is 22.1. The van der Waals surface area contributed by atoms with E-state index in [4.69, 9.17) is 4.74 Å². The van der Waals surface area contributed by atoms with E-state index < -0.39 is 17.7 Å². The normalized spacial score (nSPS) is 16.7. The van der Waals surface area contributed by atoms with Crippen molar-refractivity contribution in [3.63, 3.8) is 0 Å². The molecule has 1 aliphatic heterocycles. The summed E-state index contributed by atoms with van der Waals surface area (Å²) in [6.07, 6.45) is 4.05. The first kappa shape index (κ1) is 25.6. The molecular weight excluding hydrogens is 520 g/mol. The minimum atomic E-state index is -0.903. The van der Waals surface area contributed by atoms with E-state index in [1.165, 1.54) is 28.0 Å². The number of thioether (sulfide) groups is 1. The number of aromatic nitrogens is 3. The number of hydrogen-bond acceptors (Lipinski definition) is 9. The van der Waals surface area contributed by atoms with Crippen molar-refractivity contribution in [1.29, 1.82) is 0 Å². The van der Waals surface area contributed by atoms with Crippen LogP contribution in [0.5, 0.6) is 5.75 Å². The fourth-order valence-electron chi connectivity index (χ4n) is 4.04. The molecule has 4 aromatic rings. The topological polar surface area (TPSA) is 106 Å². The number of ether oxygens (including phenoxy) is 1. The number of rotatable bonds is 9. The monoisotopic (exact) mass is 544 g/mol. The number of amides is 1. The summed E-state index contributed by atoms with van der Waals surface area (Å²) in [5.74, 6) is -0.499. The number of carbonyl (C=O) groups is 2. The Hall–Kier alpha value is -4.02. The van der Waals surface area contributed by atoms with Crippen LogP contribution in [0.2, 0.25) is 0 Å². The molecule has 2 aromatic heterocycles. The first-order chi connectivity index (χ1) is 18.6. The molecule has 0 saturated carbocycles. The highest BCUT2D eigenvalue weighted by Gasteiger charge is 2.48. The quantitative estimate of drug-likeness (QED) is 0.0949. The first-order valence-corrected chi connectivity index (χ1v) is 13.8. The molecule has 1 unspecified atom stereocenters. The van der Waals surface area contributed by atoms with Crippen molar-refractivity contribution in [2.24, 2.45) is 0 Å². The second-order valence-corrected chi connectivity index (χ2v) is 10.6. The maximum Gasteiger partial charge on any atom is 0.301 e. The molecular formula is C28H24N4O4S2. The molecule has 1 amide bonds. The summed E-state index contributed by atoms with van der Waals surface area (Å²) >= 11 is 2.72. The average Bonchev–Trinajstić information content (AvgIpc) is 3.53. The Morgan fingerprint density at radius 2 is 1.84 bits per heavy atom. The number of pyridine rings is 1. The van der Waals surface area contributed by atoms with Crippen LogP contribution in [0.15, 0.2) is 89.0 Å². The van der Waals surface area contributed by atoms with E-state index in [0.29, 0.717) is 33.6 Å². The molecule has 1 fully saturated rings. The number of benzene rings is 2. The van der Waals surface area contributed by atoms with E-state index in [9.17, 15) is 14.7 Å². The molecule has 0 radical (unpaired) electrons. The SMILES string of the molecule is CCCOc1ccc(/C(O)=C2\C(=O)C(=O)N(c3nnc(SCc4ccccc4)s3)C2c2cccnc2)cc1. The Labute approximate surface area is 228 Å². The molecule has 38 heavy (non-hydrogen) atoms. The van der Waals surface area contributed by atoms with Crippen LogP contribution in [0.1, 0.15) is 36.1 Å². The Morgan fingerprint density at radius 1 is 1.05 bits per heavy atom. The van der Waals surface area contributed by atoms with E-state index in [1.807, 2.05) is 37.3 Å². The van der Waals surface area contributed by atoms with Crippen LogP contribution in [0.4, 0.5) is 5.13 Å². The predicted molar refractivity (Wildman–Crippen MR) is 147 cm³/mol. The molecule has 1 aliphatic rings. The van der Waals surface area contributed by atoms with Crippen LogP contribution in [-0.4, -0.2) is 38.6 Å². The van der Waals surface area contributed by atoms with Crippen LogP contribution in [-0.2, 0) is 15.3 Å². The van der Waals surface area contributed by atoms with Gasteiger partial charge in [0.05, 0.1) is 18.2 Å². The Kier molecular flexibility index (Phi) is 7.81. The molecule has 1 atom stereocenters. The second kappa shape index (κ2) is 11.6. The van der Waals surface area contributed by atoms with Gasteiger partial charge in [-0.1, -0.05) is 66.4 Å². The summed E-state index contributed by atoms with van der Waals surface area (Å²) in [5, 5.41) is 20.0. The third kappa shape index (κ3) is 5.32. The van der Waals surface area contributed by atoms with Gasteiger partial charge in [0.25, 0.3) is 5.78 Å². The Morgan fingerprint density at radius 3 is 2.55 bits per heavy atom. The smallest absolute Gasteiger partial charge is 0.301 e. The van der Waals surface area contributed by atoms with Crippen LogP contribution < -0.4 is 9.64 Å². The van der Waals surface area contributed by atoms with E-state index in [0.717, 1.165) is 12.0 Å². The number of carbonyl (C=O) groups excluding carboxylic acids is 2. The van der Waals surface area contributed by atoms with Crippen LogP contribution in [0.25, 0.3) is 5.76 Å². The second-order valence-electron chi connectivity index (χ2n) is 8.45. The molecule has 10 heteroatoms. The molecule has 1 N–H and O–H groups in total. The highest BCUT2D eigenvalue weighted by Crippen LogP contribution is 2.43. The fraction of sp³-hybridized carbons (Fsp3) is 0.179. The number of nitrogens with zero attached hydrogens (tertiary/aromatic N) is 4. The number of anilines is 1. The van der Waals surface area contributed by atoms with Crippen molar-refractivity contribution in [1.82, 2.24) is 15.2 Å². The van der Waals surface area contributed by atoms with Crippen molar-refractivity contribution in [2.75, 3.05) is 11.5 Å². The number of aliphatic hydroxyl groups excluding tert-OH is 1. The van der Waals surface area contributed by atoms with Gasteiger partial charge in [-0.05, 0) is 47.9 Å². The van der Waals surface area contributed by atoms with E-state index in [2.05, 4.69) is 15.2 Å². The van der Waals surface area contributed by atoms with Gasteiger partial charge < -0.3 is 9.84 Å². The van der Waals surface area contributed by atoms with Gasteiger partial charge in [0.2, 0.25) is 5.13 Å². The molecule has 8 nitrogen and oxygen atoms in total. The Balaban J connectivity index is 1.49. The lowest BCUT2D eigenvalue weighted by Crippen LogP contribution is -2.29. The molecule has 5 rings (SSSR count). The summed E-state index contributed by atoms with van der Waals surface area (Å²) in [5.41, 5.74) is 2.08. The van der Waals surface area contributed by atoms with Gasteiger partial charge in [-0.2, -0.15) is 0 Å². The fourth-order valence-corrected chi connectivity index (χ4v) is 5.87. The largest absolute Gasteiger partial charge is 0.507 e. The zero-order chi connectivity index (χ0) is 26.5. The summed E-state index contributed by atoms with van der Waals surface area (Å²) in [6.45, 7) is 2.59. The third-order valence-corrected chi connectivity index (χ3v) is 7.98. The lowest BCUT2D eigenvalue weighted by molar-refractivity contribution is -0.132. The predicted octanol–water partition coefficient (Wildman–Crippen LogP) is 5.64. The molecule has 3 heterocycles. The van der Waals surface area contributed by atoms with Gasteiger partial charge in [-0.3, -0.25) is 19.5 Å². The summed E-state index contributed by atoms with van der Waals surface area (Å²) in [7, 11) is 0. The van der Waals surface area contributed by atoms with Crippen LogP contribution in [0.3, 0.4) is 0 Å². The maximum absolute atomic E-state index is 13.3. The molecule has 0 spiro atoms. The lowest BCUT2D eigenvalue weighted by atomic mass is 9.96. The molecule has 1 saturated heterocycles. The number of ketones is 1. The molecule has 0 aliphatic carbocycles. The molecule has 2 aromatic carbocycles. The lowest BCUT2D eigenvalue weighted by Gasteiger charge is -2.22. The van der Waals surface area contributed by atoms with Gasteiger partial charge in [0.15, 0.2) is 4.34 Å². The van der Waals surface area contributed by atoms with Gasteiger partial charge in [-0.25, -0.2) is 0 Å². The van der Waals surface area contributed by atoms with Gasteiger partial charge >= 0.3 is 5.91 Å². The zero-order valence-electron chi connectivity index (χ0n) is 20.5. The highest BCUT2D eigenvalue weighted by molar-refractivity contribution is 8.00. The van der Waals surface area contributed by atoms with Gasteiger partial charge in [-0.15, -0.1) is 10.2 Å². The van der Waals surface area contributed by atoms with E-state index in [-0.39, 0.29) is 16.5 Å². The van der Waals surface area contributed by atoms with E-state index >= 15 is 0 Å². The van der Waals surface area contributed by atoms with Crippen molar-refractivity contribution in [3.05, 3.63) is 101 Å². The van der Waals surface area contributed by atoms with Gasteiger partial charge in [0, 0.05) is 23.7 Å². The van der Waals surface area contributed by atoms with Crippen LogP contribution >= 0.6 is 23.1 Å². The summed E-state index contributed by atoms with van der Waals surface area (Å²) in [4.78, 5) is 32.1. The maximum atomic E-state index is 13.3. The third-order valence-electron chi connectivity index (χ3n) is 5.85. The van der Waals surface area contributed by atoms with E-state index in [1.54, 1.807) is 48.8 Å². The highest BCUT2D eigenvalue weighted by atomic mass is 32.2.